The van der Waals surface area contributed by atoms with Gasteiger partial charge in [0, 0.05) is 25.8 Å². The number of hydrogen-bond acceptors (Lipinski definition) is 8. The van der Waals surface area contributed by atoms with Gasteiger partial charge in [0.2, 0.25) is 5.91 Å². The summed E-state index contributed by atoms with van der Waals surface area (Å²) in [6.07, 6.45) is 1.72. The molecule has 15 heteroatoms. The van der Waals surface area contributed by atoms with E-state index in [-0.39, 0.29) is 85.6 Å². The standard InChI is InChI=1S/C30H30Cl3FN8O3/c1-6-18(44)41-11-17-30(45)40(5)27-20(28(36)42(17)10-13(41)3)29(38-24-12(2)7-8-37-25(24)14(4)43)39-26(21(27)33)19-22(34)15(31)9-16(32)23(19)35/h6-9,13-14,17,36,43H,1,10-11,35H2,2-5H3,(H,38,39). The highest BCUT2D eigenvalue weighted by molar-refractivity contribution is 6.40. The van der Waals surface area contributed by atoms with E-state index in [1.807, 2.05) is 0 Å². The molecule has 0 aliphatic carbocycles. The molecule has 11 nitrogen and oxygen atoms in total. The minimum atomic E-state index is -0.998. The molecule has 4 heterocycles. The predicted octanol–water partition coefficient (Wildman–Crippen LogP) is 5.32. The fourth-order valence-electron chi connectivity index (χ4n) is 5.70. The number of amides is 2. The lowest BCUT2D eigenvalue weighted by Crippen LogP contribution is -2.63. The molecule has 2 aliphatic rings. The Morgan fingerprint density at radius 2 is 1.98 bits per heavy atom. The fraction of sp³-hybridized carbons (Fsp3) is 0.300. The van der Waals surface area contributed by atoms with Gasteiger partial charge in [-0.25, -0.2) is 9.37 Å². The van der Waals surface area contributed by atoms with E-state index in [0.717, 1.165) is 6.07 Å². The lowest BCUT2D eigenvalue weighted by atomic mass is 10.0. The molecule has 1 aromatic carbocycles. The van der Waals surface area contributed by atoms with Crippen molar-refractivity contribution in [3.63, 3.8) is 0 Å². The minimum Gasteiger partial charge on any atom is -0.397 e. The highest BCUT2D eigenvalue weighted by atomic mass is 35.5. The Morgan fingerprint density at radius 3 is 2.62 bits per heavy atom. The number of nitrogens with one attached hydrogen (secondary N) is 2. The molecule has 5 rings (SSSR count). The number of carbonyl (C=O) groups excluding carboxylic acids is 2. The van der Waals surface area contributed by atoms with Gasteiger partial charge < -0.3 is 30.9 Å². The van der Waals surface area contributed by atoms with Crippen LogP contribution in [0.1, 0.15) is 36.8 Å². The van der Waals surface area contributed by atoms with Crippen LogP contribution in [0.25, 0.3) is 11.3 Å². The van der Waals surface area contributed by atoms with Crippen LogP contribution in [-0.4, -0.2) is 74.7 Å². The number of nitrogens with zero attached hydrogens (tertiary/aromatic N) is 5. The lowest BCUT2D eigenvalue weighted by molar-refractivity contribution is -0.134. The van der Waals surface area contributed by atoms with E-state index in [0.29, 0.717) is 11.3 Å². The molecule has 2 aliphatic heterocycles. The van der Waals surface area contributed by atoms with Crippen LogP contribution in [-0.2, 0) is 9.59 Å². The van der Waals surface area contributed by atoms with Crippen LogP contribution in [0.5, 0.6) is 0 Å². The molecule has 2 amide bonds. The quantitative estimate of drug-likeness (QED) is 0.161. The Balaban J connectivity index is 1.83. The van der Waals surface area contributed by atoms with Crippen molar-refractivity contribution in [3.8, 4) is 11.3 Å². The number of pyridine rings is 2. The highest BCUT2D eigenvalue weighted by Crippen LogP contribution is 2.47. The summed E-state index contributed by atoms with van der Waals surface area (Å²) in [5.74, 6) is -1.89. The average molecular weight is 676 g/mol. The third kappa shape index (κ3) is 5.35. The third-order valence-corrected chi connectivity index (χ3v) is 9.00. The molecular weight excluding hydrogens is 646 g/mol. The van der Waals surface area contributed by atoms with E-state index in [2.05, 4.69) is 21.9 Å². The summed E-state index contributed by atoms with van der Waals surface area (Å²) in [5, 5.41) is 22.6. The summed E-state index contributed by atoms with van der Waals surface area (Å²) in [5.41, 5.74) is 7.05. The zero-order chi connectivity index (χ0) is 33.1. The zero-order valence-corrected chi connectivity index (χ0v) is 27.0. The van der Waals surface area contributed by atoms with Gasteiger partial charge in [-0.1, -0.05) is 41.4 Å². The second-order valence-corrected chi connectivity index (χ2v) is 12.1. The first-order valence-electron chi connectivity index (χ1n) is 13.8. The van der Waals surface area contributed by atoms with Crippen LogP contribution in [0.4, 0.5) is 27.3 Å². The fourth-order valence-corrected chi connectivity index (χ4v) is 6.52. The van der Waals surface area contributed by atoms with Gasteiger partial charge >= 0.3 is 0 Å². The molecule has 0 bridgehead atoms. The van der Waals surface area contributed by atoms with E-state index in [1.54, 1.807) is 37.9 Å². The number of halogens is 4. The highest BCUT2D eigenvalue weighted by Gasteiger charge is 2.45. The molecule has 3 atom stereocenters. The van der Waals surface area contributed by atoms with E-state index < -0.39 is 23.9 Å². The molecule has 0 saturated carbocycles. The van der Waals surface area contributed by atoms with Crippen LogP contribution < -0.4 is 16.0 Å². The zero-order valence-electron chi connectivity index (χ0n) is 24.8. The lowest BCUT2D eigenvalue weighted by Gasteiger charge is -2.44. The van der Waals surface area contributed by atoms with E-state index in [4.69, 9.17) is 40.5 Å². The molecular formula is C30H30Cl3FN8O3. The molecule has 1 fully saturated rings. The summed E-state index contributed by atoms with van der Waals surface area (Å²) in [7, 11) is 1.47. The summed E-state index contributed by atoms with van der Waals surface area (Å²) in [6.45, 7) is 8.82. The van der Waals surface area contributed by atoms with Crippen molar-refractivity contribution in [1.29, 1.82) is 5.41 Å². The van der Waals surface area contributed by atoms with Gasteiger partial charge in [-0.3, -0.25) is 20.0 Å². The van der Waals surface area contributed by atoms with Crippen LogP contribution in [0, 0.1) is 18.2 Å². The number of anilines is 4. The number of rotatable bonds is 5. The van der Waals surface area contributed by atoms with Crippen molar-refractivity contribution in [2.45, 2.75) is 39.0 Å². The number of aliphatic hydroxyl groups excluding tert-OH is 1. The number of amidine groups is 1. The first-order valence-corrected chi connectivity index (χ1v) is 15.0. The van der Waals surface area contributed by atoms with Crippen LogP contribution in [0.3, 0.4) is 0 Å². The van der Waals surface area contributed by atoms with Gasteiger partial charge in [-0.15, -0.1) is 0 Å². The molecule has 45 heavy (non-hydrogen) atoms. The monoisotopic (exact) mass is 674 g/mol. The normalized spacial score (nSPS) is 18.7. The molecule has 5 N–H and O–H groups in total. The molecule has 3 aromatic rings. The second kappa shape index (κ2) is 12.1. The number of benzene rings is 1. The Kier molecular flexibility index (Phi) is 8.71. The van der Waals surface area contributed by atoms with Crippen molar-refractivity contribution in [2.75, 3.05) is 36.1 Å². The van der Waals surface area contributed by atoms with E-state index in [1.165, 1.54) is 22.9 Å². The van der Waals surface area contributed by atoms with Gasteiger partial charge in [-0.05, 0) is 44.5 Å². The summed E-state index contributed by atoms with van der Waals surface area (Å²) >= 11 is 19.4. The smallest absolute Gasteiger partial charge is 0.251 e. The Labute approximate surface area is 273 Å². The maximum atomic E-state index is 15.7. The molecule has 2 aromatic heterocycles. The number of aliphatic hydroxyl groups is 1. The van der Waals surface area contributed by atoms with Crippen molar-refractivity contribution < 1.29 is 19.1 Å². The third-order valence-electron chi connectivity index (χ3n) is 8.06. The average Bonchev–Trinajstić information content (AvgIpc) is 3.07. The predicted molar refractivity (Wildman–Crippen MR) is 174 cm³/mol. The number of piperazine rings is 1. The number of nitrogen functional groups attached to an aromatic ring is 1. The van der Waals surface area contributed by atoms with Crippen LogP contribution >= 0.6 is 34.8 Å². The summed E-state index contributed by atoms with van der Waals surface area (Å²) < 4.78 is 15.7. The Morgan fingerprint density at radius 1 is 1.29 bits per heavy atom. The van der Waals surface area contributed by atoms with Gasteiger partial charge in [-0.2, -0.15) is 0 Å². The number of nitrogens with two attached hydrogens (primary N) is 1. The molecule has 3 unspecified atom stereocenters. The van der Waals surface area contributed by atoms with Gasteiger partial charge in [0.1, 0.15) is 17.7 Å². The second-order valence-electron chi connectivity index (χ2n) is 10.9. The van der Waals surface area contributed by atoms with E-state index in [9.17, 15) is 20.1 Å². The number of hydrogen-bond donors (Lipinski definition) is 4. The largest absolute Gasteiger partial charge is 0.397 e. The van der Waals surface area contributed by atoms with Crippen molar-refractivity contribution in [2.24, 2.45) is 0 Å². The first kappa shape index (κ1) is 32.4. The molecule has 1 saturated heterocycles. The number of carbonyl (C=O) groups is 2. The van der Waals surface area contributed by atoms with Crippen molar-refractivity contribution in [3.05, 3.63) is 68.7 Å². The molecule has 0 spiro atoms. The van der Waals surface area contributed by atoms with Gasteiger partial charge in [0.05, 0.1) is 67.3 Å². The summed E-state index contributed by atoms with van der Waals surface area (Å²) in [6, 6.07) is 1.53. The Hall–Kier alpha value is -3.97. The topological polar surface area (TPSA) is 152 Å². The molecule has 236 valence electrons. The number of aryl methyl sites for hydroxylation is 1. The van der Waals surface area contributed by atoms with E-state index >= 15 is 4.39 Å². The van der Waals surface area contributed by atoms with Gasteiger partial charge in [0.15, 0.2) is 5.82 Å². The minimum absolute atomic E-state index is 0.000140. The van der Waals surface area contributed by atoms with Crippen LogP contribution in [0.2, 0.25) is 15.1 Å². The SMILES string of the molecule is C=CC(=O)N1CC2C(=O)N(C)c3c(Cl)c(-c4c(N)c(Cl)cc(Cl)c4F)nc(Nc4c(C)ccnc4C(C)O)c3C(=N)N2CC1C. The van der Waals surface area contributed by atoms with Gasteiger partial charge in [0.25, 0.3) is 5.91 Å². The maximum Gasteiger partial charge on any atom is 0.251 e. The number of aromatic nitrogens is 2. The Bertz CT molecular complexity index is 1760. The number of fused-ring (bicyclic) bond motifs is 2. The maximum absolute atomic E-state index is 15.7. The molecule has 0 radical (unpaired) electrons. The van der Waals surface area contributed by atoms with Crippen molar-refractivity contribution >= 4 is 75.3 Å². The summed E-state index contributed by atoms with van der Waals surface area (Å²) in [4.78, 5) is 40.1. The van der Waals surface area contributed by atoms with Crippen molar-refractivity contribution in [1.82, 2.24) is 19.8 Å². The number of likely N-dealkylation sites (N-methyl/N-ethyl adjacent to an activating group) is 1. The first-order chi connectivity index (χ1) is 21.2. The van der Waals surface area contributed by atoms with Crippen LogP contribution in [0.15, 0.2) is 31.0 Å².